The molecule has 2 N–H and O–H groups in total. The van der Waals surface area contributed by atoms with Crippen LogP contribution in [0.5, 0.6) is 0 Å². The van der Waals surface area contributed by atoms with Crippen LogP contribution in [0.1, 0.15) is 2.74 Å². The number of nitrogens with two attached hydrogens (primary N) is 1. The van der Waals surface area contributed by atoms with Crippen LogP contribution >= 0.6 is 0 Å². The van der Waals surface area contributed by atoms with E-state index in [0.717, 1.165) is 4.90 Å². The Morgan fingerprint density at radius 1 is 1.43 bits per heavy atom. The molecule has 0 aliphatic carbocycles. The normalized spacial score (nSPS) is 22.9. The molecule has 1 aromatic rings. The highest BCUT2D eigenvalue weighted by atomic mass is 16.5. The molecule has 0 saturated carbocycles. The van der Waals surface area contributed by atoms with Crippen LogP contribution in [0.2, 0.25) is 0 Å². The first kappa shape index (κ1) is 6.84. The van der Waals surface area contributed by atoms with Gasteiger partial charge in [0.05, 0.1) is 9.35 Å². The minimum absolute atomic E-state index is 0.0934. The zero-order valence-corrected chi connectivity index (χ0v) is 7.56. The van der Waals surface area contributed by atoms with Gasteiger partial charge in [0.25, 0.3) is 5.91 Å². The Kier molecular flexibility index (Phi) is 1.79. The fraction of sp³-hybridized carbons (Fsp3) is 0.300. The van der Waals surface area contributed by atoms with Gasteiger partial charge < -0.3 is 15.4 Å². The van der Waals surface area contributed by atoms with E-state index >= 15 is 0 Å². The highest BCUT2D eigenvalue weighted by Crippen LogP contribution is 2.17. The number of amides is 1. The number of morpholine rings is 1. The average molecular weight is 194 g/mol. The van der Waals surface area contributed by atoms with E-state index in [-0.39, 0.29) is 19.1 Å². The van der Waals surface area contributed by atoms with Gasteiger partial charge in [0.2, 0.25) is 0 Å². The number of carbonyl (C=O) groups excluding carboxylic acids is 1. The molecule has 74 valence electrons. The number of nitrogens with zero attached hydrogens (tertiary/aromatic N) is 1. The lowest BCUT2D eigenvalue weighted by atomic mass is 10.2. The van der Waals surface area contributed by atoms with Crippen LogP contribution in [0.4, 0.5) is 11.4 Å². The van der Waals surface area contributed by atoms with E-state index < -0.39 is 6.50 Å². The number of rotatable bonds is 1. The lowest BCUT2D eigenvalue weighted by Gasteiger charge is -2.26. The molecule has 0 atom stereocenters. The third-order valence-corrected chi connectivity index (χ3v) is 1.95. The Bertz CT molecular complexity index is 406. The van der Waals surface area contributed by atoms with Gasteiger partial charge in [-0.25, -0.2) is 0 Å². The van der Waals surface area contributed by atoms with Crippen molar-refractivity contribution >= 4 is 17.3 Å². The second-order valence-electron chi connectivity index (χ2n) is 2.97. The van der Waals surface area contributed by atoms with Crippen LogP contribution in [-0.4, -0.2) is 25.6 Å². The Morgan fingerprint density at radius 2 is 2.14 bits per heavy atom. The summed E-state index contributed by atoms with van der Waals surface area (Å²) in [6.45, 7) is -2.03. The number of ether oxygens (including phenoxy) is 1. The Hall–Kier alpha value is -1.55. The van der Waals surface area contributed by atoms with Gasteiger partial charge in [-0.1, -0.05) is 0 Å². The first-order valence-corrected chi connectivity index (χ1v) is 4.27. The highest BCUT2D eigenvalue weighted by Gasteiger charge is 2.19. The third kappa shape index (κ3) is 1.70. The number of hydrogen-bond acceptors (Lipinski definition) is 3. The van der Waals surface area contributed by atoms with E-state index in [1.54, 1.807) is 24.3 Å². The van der Waals surface area contributed by atoms with E-state index in [1.807, 2.05) is 0 Å². The third-order valence-electron chi connectivity index (χ3n) is 1.95. The maximum absolute atomic E-state index is 11.6. The van der Waals surface area contributed by atoms with Gasteiger partial charge in [-0.15, -0.1) is 0 Å². The number of hydrogen-bond donors (Lipinski definition) is 1. The molecule has 1 amide bonds. The van der Waals surface area contributed by atoms with Gasteiger partial charge in [-0.2, -0.15) is 0 Å². The number of benzene rings is 1. The average Bonchev–Trinajstić information content (AvgIpc) is 2.19. The largest absolute Gasteiger partial charge is 0.399 e. The summed E-state index contributed by atoms with van der Waals surface area (Å²) in [5.41, 5.74) is 6.60. The zero-order chi connectivity index (χ0) is 11.8. The van der Waals surface area contributed by atoms with Crippen LogP contribution in [0.3, 0.4) is 0 Å². The van der Waals surface area contributed by atoms with Crippen LogP contribution in [0, 0.1) is 0 Å². The van der Waals surface area contributed by atoms with E-state index in [1.165, 1.54) is 0 Å². The summed E-state index contributed by atoms with van der Waals surface area (Å²) < 4.78 is 20.3. The molecule has 14 heavy (non-hydrogen) atoms. The first-order valence-electron chi connectivity index (χ1n) is 5.27. The molecule has 0 unspecified atom stereocenters. The maximum atomic E-state index is 11.6. The van der Waals surface area contributed by atoms with Crippen molar-refractivity contribution < 1.29 is 12.3 Å². The van der Waals surface area contributed by atoms with Crippen molar-refractivity contribution in [3.8, 4) is 0 Å². The van der Waals surface area contributed by atoms with Gasteiger partial charge in [-0.3, -0.25) is 4.79 Å². The number of anilines is 2. The maximum Gasteiger partial charge on any atom is 0.253 e. The molecule has 1 aliphatic heterocycles. The summed E-state index contributed by atoms with van der Waals surface area (Å²) in [5.74, 6) is -0.388. The van der Waals surface area contributed by atoms with Crippen molar-refractivity contribution in [2.75, 3.05) is 30.3 Å². The molecule has 0 radical (unpaired) electrons. The van der Waals surface area contributed by atoms with Crippen molar-refractivity contribution in [1.29, 1.82) is 0 Å². The van der Waals surface area contributed by atoms with Gasteiger partial charge in [0, 0.05) is 17.9 Å². The first-order chi connectivity index (χ1) is 7.50. The molecule has 0 spiro atoms. The molecule has 2 rings (SSSR count). The molecule has 1 heterocycles. The highest BCUT2D eigenvalue weighted by molar-refractivity contribution is 5.94. The second-order valence-corrected chi connectivity index (χ2v) is 2.97. The van der Waals surface area contributed by atoms with E-state index in [9.17, 15) is 4.79 Å². The van der Waals surface area contributed by atoms with Crippen LogP contribution in [-0.2, 0) is 9.53 Å². The minimum Gasteiger partial charge on any atom is -0.399 e. The van der Waals surface area contributed by atoms with Gasteiger partial charge in [0.15, 0.2) is 0 Å². The summed E-state index contributed by atoms with van der Waals surface area (Å²) in [6.07, 6.45) is 0. The quantitative estimate of drug-likeness (QED) is 0.667. The number of carbonyl (C=O) groups is 1. The van der Waals surface area contributed by atoms with Crippen molar-refractivity contribution in [2.45, 2.75) is 0 Å². The van der Waals surface area contributed by atoms with E-state index in [2.05, 4.69) is 0 Å². The summed E-state index contributed by atoms with van der Waals surface area (Å²) in [4.78, 5) is 12.7. The van der Waals surface area contributed by atoms with Gasteiger partial charge in [-0.05, 0) is 24.3 Å². The fourth-order valence-electron chi connectivity index (χ4n) is 1.26. The summed E-state index contributed by atoms with van der Waals surface area (Å²) in [6, 6.07) is 6.51. The Labute approximate surface area is 85.1 Å². The molecule has 0 bridgehead atoms. The predicted molar refractivity (Wildman–Crippen MR) is 54.0 cm³/mol. The van der Waals surface area contributed by atoms with Crippen LogP contribution in [0.15, 0.2) is 24.3 Å². The standard InChI is InChI=1S/C10H12N2O2/c11-8-1-3-9(4-2-8)12-5-6-14-7-10(12)13/h1-4H,5-7,11H2/i5D2. The second kappa shape index (κ2) is 3.67. The molecule has 1 saturated heterocycles. The monoisotopic (exact) mass is 194 g/mol. The number of nitrogen functional groups attached to an aromatic ring is 1. The van der Waals surface area contributed by atoms with Gasteiger partial charge >= 0.3 is 0 Å². The summed E-state index contributed by atoms with van der Waals surface area (Å²) in [7, 11) is 0. The van der Waals surface area contributed by atoms with Gasteiger partial charge in [0.1, 0.15) is 6.61 Å². The van der Waals surface area contributed by atoms with E-state index in [0.29, 0.717) is 11.4 Å². The summed E-state index contributed by atoms with van der Waals surface area (Å²) in [5, 5.41) is 0. The van der Waals surface area contributed by atoms with Crippen LogP contribution in [0.25, 0.3) is 0 Å². The molecule has 4 heteroatoms. The zero-order valence-electron chi connectivity index (χ0n) is 9.56. The smallest absolute Gasteiger partial charge is 0.253 e. The van der Waals surface area contributed by atoms with Crippen molar-refractivity contribution in [1.82, 2.24) is 0 Å². The molecule has 1 aliphatic rings. The van der Waals surface area contributed by atoms with Crippen molar-refractivity contribution in [3.05, 3.63) is 24.3 Å². The van der Waals surface area contributed by atoms with Crippen molar-refractivity contribution in [2.24, 2.45) is 0 Å². The molecule has 4 nitrogen and oxygen atoms in total. The molecule has 1 fully saturated rings. The Morgan fingerprint density at radius 3 is 2.79 bits per heavy atom. The lowest BCUT2D eigenvalue weighted by Crippen LogP contribution is -2.41. The molecular weight excluding hydrogens is 180 g/mol. The van der Waals surface area contributed by atoms with Crippen molar-refractivity contribution in [3.63, 3.8) is 0 Å². The Balaban J connectivity index is 2.36. The SMILES string of the molecule is [2H]C1([2H])COCC(=O)N1c1ccc(N)cc1. The molecule has 0 aromatic heterocycles. The fourth-order valence-corrected chi connectivity index (χ4v) is 1.26. The molecule has 1 aromatic carbocycles. The topological polar surface area (TPSA) is 55.6 Å². The lowest BCUT2D eigenvalue weighted by molar-refractivity contribution is -0.125. The predicted octanol–water partition coefficient (Wildman–Crippen LogP) is 0.632. The molecular formula is C10H12N2O2. The minimum atomic E-state index is -1.81. The van der Waals surface area contributed by atoms with Crippen LogP contribution < -0.4 is 10.6 Å². The summed E-state index contributed by atoms with van der Waals surface area (Å²) >= 11 is 0. The van der Waals surface area contributed by atoms with E-state index in [4.69, 9.17) is 13.2 Å².